The fourth-order valence-electron chi connectivity index (χ4n) is 0.674. The van der Waals surface area contributed by atoms with Gasteiger partial charge in [0.15, 0.2) is 0 Å². The van der Waals surface area contributed by atoms with E-state index >= 15 is 0 Å². The molecule has 0 saturated heterocycles. The molecule has 0 heterocycles. The normalized spacial score (nSPS) is 9.64. The second-order valence-corrected chi connectivity index (χ2v) is 2.14. The van der Waals surface area contributed by atoms with Crippen LogP contribution in [-0.4, -0.2) is 21.0 Å². The SMILES string of the molecule is [Si]ON(O[Si])c1ccccc1. The van der Waals surface area contributed by atoms with E-state index in [-0.39, 0.29) is 0 Å². The molecular weight excluding hydrogens is 174 g/mol. The molecule has 0 spiro atoms. The van der Waals surface area contributed by atoms with E-state index < -0.39 is 0 Å². The van der Waals surface area contributed by atoms with E-state index in [0.717, 1.165) is 10.9 Å². The summed E-state index contributed by atoms with van der Waals surface area (Å²) in [6.07, 6.45) is 0. The van der Waals surface area contributed by atoms with Crippen molar-refractivity contribution in [2.24, 2.45) is 0 Å². The Kier molecular flexibility index (Phi) is 3.31. The summed E-state index contributed by atoms with van der Waals surface area (Å²) in [5.41, 5.74) is 0.775. The molecule has 0 aliphatic heterocycles. The molecule has 0 aliphatic rings. The Balaban J connectivity index is 2.74. The van der Waals surface area contributed by atoms with Crippen molar-refractivity contribution in [3.63, 3.8) is 0 Å². The van der Waals surface area contributed by atoms with Gasteiger partial charge in [-0.25, -0.2) is 0 Å². The quantitative estimate of drug-likeness (QED) is 0.499. The minimum atomic E-state index is 0.775. The molecule has 1 aromatic rings. The number of rotatable bonds is 3. The minimum absolute atomic E-state index is 0.775. The molecule has 0 unspecified atom stereocenters. The van der Waals surface area contributed by atoms with Crippen LogP contribution in [0.25, 0.3) is 0 Å². The van der Waals surface area contributed by atoms with Gasteiger partial charge in [0.1, 0.15) is 0 Å². The molecule has 1 aromatic carbocycles. The van der Waals surface area contributed by atoms with E-state index in [9.17, 15) is 0 Å². The molecule has 0 atom stereocenters. The number of anilines is 1. The third kappa shape index (κ3) is 2.16. The van der Waals surface area contributed by atoms with Gasteiger partial charge in [-0.3, -0.25) is 9.05 Å². The first-order valence-corrected chi connectivity index (χ1v) is 3.72. The van der Waals surface area contributed by atoms with Gasteiger partial charge in [0.25, 0.3) is 21.0 Å². The van der Waals surface area contributed by atoms with Gasteiger partial charge in [-0.1, -0.05) is 18.2 Å². The zero-order valence-electron chi connectivity index (χ0n) is 5.65. The molecule has 3 nitrogen and oxygen atoms in total. The van der Waals surface area contributed by atoms with Crippen molar-refractivity contribution in [3.8, 4) is 0 Å². The van der Waals surface area contributed by atoms with Crippen LogP contribution in [0.3, 0.4) is 0 Å². The number of para-hydroxylation sites is 1. The largest absolute Gasteiger partial charge is 0.300 e. The van der Waals surface area contributed by atoms with Crippen molar-refractivity contribution in [1.29, 1.82) is 0 Å². The number of hydrogen-bond acceptors (Lipinski definition) is 3. The van der Waals surface area contributed by atoms with E-state index in [2.05, 4.69) is 30.0 Å². The van der Waals surface area contributed by atoms with Crippen LogP contribution in [0.1, 0.15) is 0 Å². The van der Waals surface area contributed by atoms with Gasteiger partial charge >= 0.3 is 0 Å². The zero-order chi connectivity index (χ0) is 8.10. The van der Waals surface area contributed by atoms with Gasteiger partial charge in [-0.15, -0.1) is 5.23 Å². The van der Waals surface area contributed by atoms with Gasteiger partial charge in [0.05, 0.1) is 5.69 Å². The molecule has 5 heteroatoms. The van der Waals surface area contributed by atoms with Gasteiger partial charge < -0.3 is 0 Å². The Labute approximate surface area is 71.9 Å². The summed E-state index contributed by atoms with van der Waals surface area (Å²) in [5, 5.41) is 1.16. The third-order valence-electron chi connectivity index (χ3n) is 1.13. The summed E-state index contributed by atoms with van der Waals surface area (Å²) in [6.45, 7) is 0. The lowest BCUT2D eigenvalue weighted by Gasteiger charge is -2.18. The Bertz CT molecular complexity index is 203. The van der Waals surface area contributed by atoms with Gasteiger partial charge in [0, 0.05) is 0 Å². The molecule has 6 radical (unpaired) electrons. The molecule has 0 aromatic heterocycles. The smallest absolute Gasteiger partial charge is 0.294 e. The van der Waals surface area contributed by atoms with Gasteiger partial charge in [-0.2, -0.15) is 0 Å². The lowest BCUT2D eigenvalue weighted by atomic mass is 10.3. The molecule has 0 N–H and O–H groups in total. The van der Waals surface area contributed by atoms with Crippen LogP contribution in [0.2, 0.25) is 0 Å². The van der Waals surface area contributed by atoms with E-state index in [1.165, 1.54) is 0 Å². The summed E-state index contributed by atoms with van der Waals surface area (Å²) >= 11 is 0. The molecule has 0 aliphatic carbocycles. The average molecular weight is 179 g/mol. The predicted molar refractivity (Wildman–Crippen MR) is 42.6 cm³/mol. The maximum absolute atomic E-state index is 4.65. The average Bonchev–Trinajstić information content (AvgIpc) is 2.09. The van der Waals surface area contributed by atoms with Crippen LogP contribution in [0.4, 0.5) is 5.69 Å². The minimum Gasteiger partial charge on any atom is -0.300 e. The number of benzene rings is 1. The first-order valence-electron chi connectivity index (χ1n) is 2.91. The molecule has 0 fully saturated rings. The van der Waals surface area contributed by atoms with Crippen LogP contribution in [0, 0.1) is 0 Å². The highest BCUT2D eigenvalue weighted by Gasteiger charge is 2.00. The number of nitrogens with zero attached hydrogens (tertiary/aromatic N) is 1. The molecular formula is C6H5NO2Si2. The standard InChI is InChI=1S/C6H5NO2Si2/c10-8-7(9-11)6-4-2-1-3-5-6/h1-5H. The monoisotopic (exact) mass is 179 g/mol. The van der Waals surface area contributed by atoms with Crippen molar-refractivity contribution >= 4 is 26.7 Å². The predicted octanol–water partition coefficient (Wildman–Crippen LogP) is 0.523. The van der Waals surface area contributed by atoms with Crippen LogP contribution >= 0.6 is 0 Å². The molecule has 1 rings (SSSR count). The lowest BCUT2D eigenvalue weighted by molar-refractivity contribution is 0.0915. The highest BCUT2D eigenvalue weighted by atomic mass is 28.2. The molecule has 11 heavy (non-hydrogen) atoms. The third-order valence-corrected chi connectivity index (χ3v) is 1.46. The van der Waals surface area contributed by atoms with Crippen LogP contribution in [0.15, 0.2) is 30.3 Å². The lowest BCUT2D eigenvalue weighted by Crippen LogP contribution is -2.20. The second kappa shape index (κ2) is 4.29. The first kappa shape index (κ1) is 8.47. The van der Waals surface area contributed by atoms with E-state index in [0.29, 0.717) is 0 Å². The highest BCUT2D eigenvalue weighted by Crippen LogP contribution is 2.11. The Morgan fingerprint density at radius 2 is 1.55 bits per heavy atom. The van der Waals surface area contributed by atoms with Crippen LogP contribution in [0.5, 0.6) is 0 Å². The Morgan fingerprint density at radius 3 is 2.00 bits per heavy atom. The fraction of sp³-hybridized carbons (Fsp3) is 0. The van der Waals surface area contributed by atoms with Gasteiger partial charge in [0.2, 0.25) is 0 Å². The van der Waals surface area contributed by atoms with Crippen molar-refractivity contribution < 1.29 is 9.05 Å². The molecule has 0 saturated carbocycles. The van der Waals surface area contributed by atoms with Crippen molar-refractivity contribution in [2.75, 3.05) is 5.23 Å². The second-order valence-electron chi connectivity index (χ2n) is 1.78. The van der Waals surface area contributed by atoms with Crippen LogP contribution in [-0.2, 0) is 9.05 Å². The van der Waals surface area contributed by atoms with Crippen molar-refractivity contribution in [2.45, 2.75) is 0 Å². The Morgan fingerprint density at radius 1 is 1.00 bits per heavy atom. The summed E-state index contributed by atoms with van der Waals surface area (Å²) in [4.78, 5) is 0. The van der Waals surface area contributed by atoms with Crippen molar-refractivity contribution in [1.82, 2.24) is 0 Å². The molecule has 0 amide bonds. The van der Waals surface area contributed by atoms with Gasteiger partial charge in [-0.05, 0) is 12.1 Å². The summed E-state index contributed by atoms with van der Waals surface area (Å²) in [7, 11) is 5.66. The zero-order valence-corrected chi connectivity index (χ0v) is 7.65. The molecule has 0 bridgehead atoms. The van der Waals surface area contributed by atoms with E-state index in [4.69, 9.17) is 0 Å². The van der Waals surface area contributed by atoms with Crippen molar-refractivity contribution in [3.05, 3.63) is 30.3 Å². The molecule has 54 valence electrons. The maximum Gasteiger partial charge on any atom is 0.294 e. The highest BCUT2D eigenvalue weighted by molar-refractivity contribution is 6.00. The topological polar surface area (TPSA) is 21.7 Å². The maximum atomic E-state index is 4.65. The summed E-state index contributed by atoms with van der Waals surface area (Å²) < 4.78 is 9.31. The first-order chi connectivity index (χ1) is 5.38. The van der Waals surface area contributed by atoms with E-state index in [1.807, 2.05) is 30.3 Å². The van der Waals surface area contributed by atoms with E-state index in [1.54, 1.807) is 0 Å². The summed E-state index contributed by atoms with van der Waals surface area (Å²) in [5.74, 6) is 0. The summed E-state index contributed by atoms with van der Waals surface area (Å²) in [6, 6.07) is 9.32. The Hall–Kier alpha value is -0.626. The number of hydrogen-bond donors (Lipinski definition) is 0. The fourth-order valence-corrected chi connectivity index (χ4v) is 1.03. The van der Waals surface area contributed by atoms with Crippen LogP contribution < -0.4 is 5.23 Å².